The topological polar surface area (TPSA) is 18.5 Å². The highest BCUT2D eigenvalue weighted by molar-refractivity contribution is 6.50. The number of halogens is 3. The van der Waals surface area contributed by atoms with Gasteiger partial charge >= 0.3 is 15.5 Å². The highest BCUT2D eigenvalue weighted by Gasteiger charge is 2.25. The number of alkyl halides is 3. The maximum atomic E-state index is 11.8. The summed E-state index contributed by atoms with van der Waals surface area (Å²) >= 11 is 0. The minimum atomic E-state index is -4.08. The Morgan fingerprint density at radius 1 is 1.13 bits per heavy atom. The van der Waals surface area contributed by atoms with Crippen LogP contribution in [0.25, 0.3) is 0 Å². The van der Waals surface area contributed by atoms with Gasteiger partial charge in [0.05, 0.1) is 0 Å². The Labute approximate surface area is 89.9 Å². The zero-order chi connectivity index (χ0) is 11.7. The summed E-state index contributed by atoms with van der Waals surface area (Å²) in [5.74, 6) is 0. The standard InChI is InChI=1S/C9H17F3O2Si/c1-3-13-15(14-4-2)8-6-5-7-9(10,11)12/h6,8,15H,3-5,7H2,1-2H3. The SMILES string of the molecule is CCO[SiH](C=CCCC(F)(F)F)OCC. The summed E-state index contributed by atoms with van der Waals surface area (Å²) in [5.41, 5.74) is 1.65. The van der Waals surface area contributed by atoms with E-state index >= 15 is 0 Å². The Morgan fingerprint density at radius 3 is 2.07 bits per heavy atom. The van der Waals surface area contributed by atoms with Crippen molar-refractivity contribution < 1.29 is 22.0 Å². The highest BCUT2D eigenvalue weighted by Crippen LogP contribution is 2.21. The van der Waals surface area contributed by atoms with Crippen LogP contribution in [0.3, 0.4) is 0 Å². The van der Waals surface area contributed by atoms with Crippen LogP contribution in [0.15, 0.2) is 11.8 Å². The molecule has 0 fully saturated rings. The molecule has 0 heterocycles. The molecule has 15 heavy (non-hydrogen) atoms. The van der Waals surface area contributed by atoms with Gasteiger partial charge in [-0.15, -0.1) is 0 Å². The van der Waals surface area contributed by atoms with Crippen LogP contribution in [-0.4, -0.2) is 28.7 Å². The lowest BCUT2D eigenvalue weighted by molar-refractivity contribution is -0.133. The summed E-state index contributed by atoms with van der Waals surface area (Å²) in [7, 11) is -1.87. The molecule has 90 valence electrons. The van der Waals surface area contributed by atoms with E-state index in [0.717, 1.165) is 0 Å². The quantitative estimate of drug-likeness (QED) is 0.639. The summed E-state index contributed by atoms with van der Waals surface area (Å²) < 4.78 is 45.9. The van der Waals surface area contributed by atoms with Crippen molar-refractivity contribution in [1.29, 1.82) is 0 Å². The molecule has 0 amide bonds. The molecule has 0 aliphatic rings. The Kier molecular flexibility index (Phi) is 7.72. The molecule has 2 nitrogen and oxygen atoms in total. The summed E-state index contributed by atoms with van der Waals surface area (Å²) in [6.45, 7) is 4.73. The van der Waals surface area contributed by atoms with Crippen molar-refractivity contribution >= 4 is 9.28 Å². The van der Waals surface area contributed by atoms with E-state index in [1.165, 1.54) is 6.08 Å². The van der Waals surface area contributed by atoms with Gasteiger partial charge in [-0.05, 0) is 26.0 Å². The average molecular weight is 242 g/mol. The molecule has 0 bridgehead atoms. The molecule has 0 spiro atoms. The van der Waals surface area contributed by atoms with Crippen molar-refractivity contribution in [2.24, 2.45) is 0 Å². The third-order valence-electron chi connectivity index (χ3n) is 1.55. The third-order valence-corrected chi connectivity index (χ3v) is 3.46. The molecule has 0 aromatic rings. The fourth-order valence-electron chi connectivity index (χ4n) is 0.942. The molecule has 0 saturated heterocycles. The van der Waals surface area contributed by atoms with Gasteiger partial charge in [-0.25, -0.2) is 0 Å². The molecular weight excluding hydrogens is 225 g/mol. The first-order valence-corrected chi connectivity index (χ1v) is 6.57. The summed E-state index contributed by atoms with van der Waals surface area (Å²) in [6, 6.07) is 0. The van der Waals surface area contributed by atoms with Gasteiger partial charge in [-0.2, -0.15) is 13.2 Å². The van der Waals surface area contributed by atoms with Gasteiger partial charge < -0.3 is 8.85 Å². The molecule has 0 aromatic carbocycles. The smallest absolute Gasteiger partial charge is 0.389 e. The van der Waals surface area contributed by atoms with E-state index in [9.17, 15) is 13.2 Å². The van der Waals surface area contributed by atoms with Crippen LogP contribution in [0.5, 0.6) is 0 Å². The van der Waals surface area contributed by atoms with Crippen LogP contribution in [-0.2, 0) is 8.85 Å². The van der Waals surface area contributed by atoms with Gasteiger partial charge in [0.2, 0.25) is 0 Å². The Hall–Kier alpha value is -0.333. The molecule has 0 radical (unpaired) electrons. The van der Waals surface area contributed by atoms with Crippen LogP contribution in [0.4, 0.5) is 13.2 Å². The molecule has 0 aliphatic heterocycles. The Balaban J connectivity index is 3.79. The van der Waals surface area contributed by atoms with E-state index < -0.39 is 21.9 Å². The van der Waals surface area contributed by atoms with Crippen LogP contribution in [0.1, 0.15) is 26.7 Å². The van der Waals surface area contributed by atoms with E-state index in [0.29, 0.717) is 13.2 Å². The fraction of sp³-hybridized carbons (Fsp3) is 0.778. The van der Waals surface area contributed by atoms with Crippen LogP contribution in [0.2, 0.25) is 0 Å². The monoisotopic (exact) mass is 242 g/mol. The molecule has 0 N–H and O–H groups in total. The second-order valence-electron chi connectivity index (χ2n) is 2.86. The largest absolute Gasteiger partial charge is 0.394 e. The van der Waals surface area contributed by atoms with Crippen molar-refractivity contribution in [2.45, 2.75) is 32.9 Å². The lowest BCUT2D eigenvalue weighted by Gasteiger charge is -2.10. The van der Waals surface area contributed by atoms with Gasteiger partial charge in [0.25, 0.3) is 0 Å². The van der Waals surface area contributed by atoms with E-state index in [1.807, 2.05) is 13.8 Å². The van der Waals surface area contributed by atoms with E-state index in [2.05, 4.69) is 0 Å². The molecule has 0 aromatic heterocycles. The van der Waals surface area contributed by atoms with Crippen LogP contribution >= 0.6 is 0 Å². The lowest BCUT2D eigenvalue weighted by atomic mass is 10.3. The molecule has 0 unspecified atom stereocenters. The van der Waals surface area contributed by atoms with E-state index in [1.54, 1.807) is 5.70 Å². The lowest BCUT2D eigenvalue weighted by Crippen LogP contribution is -2.20. The van der Waals surface area contributed by atoms with E-state index in [-0.39, 0.29) is 6.42 Å². The normalized spacial score (nSPS) is 12.9. The van der Waals surface area contributed by atoms with Crippen molar-refractivity contribution in [1.82, 2.24) is 0 Å². The molecule has 0 aliphatic carbocycles. The zero-order valence-corrected chi connectivity index (χ0v) is 10.2. The molecule has 0 rings (SSSR count). The van der Waals surface area contributed by atoms with Gasteiger partial charge in [0.15, 0.2) is 0 Å². The average Bonchev–Trinajstić information content (AvgIpc) is 2.11. The van der Waals surface area contributed by atoms with Gasteiger partial charge in [0, 0.05) is 19.6 Å². The number of hydrogen-bond donors (Lipinski definition) is 0. The molecule has 0 atom stereocenters. The highest BCUT2D eigenvalue weighted by atomic mass is 28.3. The minimum absolute atomic E-state index is 0.00680. The van der Waals surface area contributed by atoms with Gasteiger partial charge in [-0.3, -0.25) is 0 Å². The fourth-order valence-corrected chi connectivity index (χ4v) is 2.33. The predicted octanol–water partition coefficient (Wildman–Crippen LogP) is 2.72. The minimum Gasteiger partial charge on any atom is -0.394 e. The zero-order valence-electron chi connectivity index (χ0n) is 9.01. The first-order valence-electron chi connectivity index (χ1n) is 4.96. The van der Waals surface area contributed by atoms with Crippen molar-refractivity contribution in [2.75, 3.05) is 13.2 Å². The van der Waals surface area contributed by atoms with Crippen molar-refractivity contribution in [3.05, 3.63) is 11.8 Å². The molecule has 0 saturated carbocycles. The van der Waals surface area contributed by atoms with Gasteiger partial charge in [-0.1, -0.05) is 6.08 Å². The Bertz CT molecular complexity index is 177. The van der Waals surface area contributed by atoms with Crippen molar-refractivity contribution in [3.63, 3.8) is 0 Å². The second-order valence-corrected chi connectivity index (χ2v) is 4.65. The van der Waals surface area contributed by atoms with E-state index in [4.69, 9.17) is 8.85 Å². The van der Waals surface area contributed by atoms with Crippen LogP contribution < -0.4 is 0 Å². The maximum Gasteiger partial charge on any atom is 0.389 e. The maximum absolute atomic E-state index is 11.8. The molecule has 6 heteroatoms. The number of allylic oxidation sites excluding steroid dienone is 1. The first-order chi connectivity index (χ1) is 6.99. The van der Waals surface area contributed by atoms with Crippen molar-refractivity contribution in [3.8, 4) is 0 Å². The van der Waals surface area contributed by atoms with Gasteiger partial charge in [0.1, 0.15) is 0 Å². The van der Waals surface area contributed by atoms with Crippen LogP contribution in [0, 0.1) is 0 Å². The summed E-state index contributed by atoms with van der Waals surface area (Å²) in [4.78, 5) is 0. The second kappa shape index (κ2) is 7.89. The first kappa shape index (κ1) is 14.7. The molecular formula is C9H17F3O2Si. The third kappa shape index (κ3) is 9.96. The Morgan fingerprint density at radius 2 is 1.67 bits per heavy atom. The summed E-state index contributed by atoms with van der Waals surface area (Å²) in [5, 5.41) is 0. The predicted molar refractivity (Wildman–Crippen MR) is 54.8 cm³/mol. The summed E-state index contributed by atoms with van der Waals surface area (Å²) in [6.07, 6.45) is -3.38. The number of rotatable bonds is 7. The number of hydrogen-bond acceptors (Lipinski definition) is 2.